The molecule has 0 saturated heterocycles. The van der Waals surface area contributed by atoms with Crippen LogP contribution in [-0.4, -0.2) is 10.7 Å². The van der Waals surface area contributed by atoms with Gasteiger partial charge in [-0.05, 0) is 31.6 Å². The van der Waals surface area contributed by atoms with Crippen molar-refractivity contribution < 1.29 is 5.11 Å². The molecule has 0 unspecified atom stereocenters. The maximum absolute atomic E-state index is 10.0. The smallest absolute Gasteiger partial charge is 0.0650 e. The molecule has 66 valence electrons. The van der Waals surface area contributed by atoms with Crippen molar-refractivity contribution in [1.82, 2.24) is 0 Å². The van der Waals surface area contributed by atoms with E-state index in [1.54, 1.807) is 0 Å². The summed E-state index contributed by atoms with van der Waals surface area (Å²) in [7, 11) is 0. The average molecular weight is 156 g/mol. The highest BCUT2D eigenvalue weighted by Crippen LogP contribution is 2.37. The van der Waals surface area contributed by atoms with Crippen LogP contribution < -0.4 is 0 Å². The first-order chi connectivity index (χ1) is 5.04. The third-order valence-corrected chi connectivity index (χ3v) is 3.05. The van der Waals surface area contributed by atoms with Crippen molar-refractivity contribution >= 4 is 0 Å². The van der Waals surface area contributed by atoms with Crippen LogP contribution in [0.5, 0.6) is 0 Å². The first kappa shape index (κ1) is 9.05. The van der Waals surface area contributed by atoms with Crippen LogP contribution >= 0.6 is 0 Å². The molecule has 0 amide bonds. The summed E-state index contributed by atoms with van der Waals surface area (Å²) in [4.78, 5) is 0. The molecule has 0 bridgehead atoms. The molecule has 1 rings (SSSR count). The Morgan fingerprint density at radius 2 is 2.00 bits per heavy atom. The molecular formula is C10H20O. The third kappa shape index (κ3) is 1.96. The highest BCUT2D eigenvalue weighted by molar-refractivity contribution is 4.87. The maximum atomic E-state index is 10.0. The molecule has 2 atom stereocenters. The second-order valence-corrected chi connectivity index (χ2v) is 4.45. The molecule has 0 aliphatic heterocycles. The van der Waals surface area contributed by atoms with Gasteiger partial charge in [-0.3, -0.25) is 0 Å². The van der Waals surface area contributed by atoms with Gasteiger partial charge in [0, 0.05) is 0 Å². The first-order valence-corrected chi connectivity index (χ1v) is 4.76. The Kier molecular flexibility index (Phi) is 2.58. The normalized spacial score (nSPS) is 39.5. The van der Waals surface area contributed by atoms with Crippen molar-refractivity contribution in [2.45, 2.75) is 52.1 Å². The van der Waals surface area contributed by atoms with Crippen molar-refractivity contribution in [3.8, 4) is 0 Å². The van der Waals surface area contributed by atoms with Crippen molar-refractivity contribution in [2.75, 3.05) is 0 Å². The summed E-state index contributed by atoms with van der Waals surface area (Å²) < 4.78 is 0. The van der Waals surface area contributed by atoms with Gasteiger partial charge in [0.25, 0.3) is 0 Å². The quantitative estimate of drug-likeness (QED) is 0.618. The summed E-state index contributed by atoms with van der Waals surface area (Å²) in [6, 6.07) is 0. The van der Waals surface area contributed by atoms with Gasteiger partial charge in [0.2, 0.25) is 0 Å². The Labute approximate surface area is 69.8 Å². The molecule has 1 N–H and O–H groups in total. The zero-order valence-corrected chi connectivity index (χ0v) is 7.93. The standard InChI is InChI=1S/C10H20O/c1-8(2)9-6-4-5-7-10(9,3)11/h8-9,11H,4-7H2,1-3H3/t9-,10+/m1/s1. The lowest BCUT2D eigenvalue weighted by Crippen LogP contribution is -2.40. The van der Waals surface area contributed by atoms with E-state index in [1.807, 2.05) is 6.92 Å². The van der Waals surface area contributed by atoms with E-state index in [9.17, 15) is 5.11 Å². The molecule has 1 saturated carbocycles. The van der Waals surface area contributed by atoms with Crippen LogP contribution in [0.3, 0.4) is 0 Å². The molecule has 1 nitrogen and oxygen atoms in total. The zero-order valence-electron chi connectivity index (χ0n) is 7.93. The van der Waals surface area contributed by atoms with E-state index in [2.05, 4.69) is 13.8 Å². The summed E-state index contributed by atoms with van der Waals surface area (Å²) in [5.74, 6) is 1.15. The summed E-state index contributed by atoms with van der Waals surface area (Å²) in [5, 5.41) is 10.0. The van der Waals surface area contributed by atoms with Gasteiger partial charge in [-0.25, -0.2) is 0 Å². The van der Waals surface area contributed by atoms with Crippen molar-refractivity contribution in [2.24, 2.45) is 11.8 Å². The van der Waals surface area contributed by atoms with Crippen LogP contribution in [0.25, 0.3) is 0 Å². The van der Waals surface area contributed by atoms with Gasteiger partial charge in [-0.15, -0.1) is 0 Å². The molecule has 1 fully saturated rings. The fourth-order valence-electron chi connectivity index (χ4n) is 2.39. The number of aliphatic hydroxyl groups is 1. The van der Waals surface area contributed by atoms with Crippen LogP contribution in [0, 0.1) is 11.8 Å². The third-order valence-electron chi connectivity index (χ3n) is 3.05. The van der Waals surface area contributed by atoms with Crippen LogP contribution in [0.2, 0.25) is 0 Å². The minimum absolute atomic E-state index is 0.383. The topological polar surface area (TPSA) is 20.2 Å². The van der Waals surface area contributed by atoms with Gasteiger partial charge in [-0.2, -0.15) is 0 Å². The molecule has 11 heavy (non-hydrogen) atoms. The summed E-state index contributed by atoms with van der Waals surface area (Å²) in [6.45, 7) is 6.42. The van der Waals surface area contributed by atoms with Gasteiger partial charge in [-0.1, -0.05) is 26.7 Å². The van der Waals surface area contributed by atoms with E-state index in [0.717, 1.165) is 6.42 Å². The fraction of sp³-hybridized carbons (Fsp3) is 1.00. The second-order valence-electron chi connectivity index (χ2n) is 4.45. The van der Waals surface area contributed by atoms with E-state index in [-0.39, 0.29) is 5.60 Å². The summed E-state index contributed by atoms with van der Waals surface area (Å²) in [5.41, 5.74) is -0.383. The molecule has 0 aromatic carbocycles. The van der Waals surface area contributed by atoms with E-state index < -0.39 is 0 Å². The molecular weight excluding hydrogens is 136 g/mol. The van der Waals surface area contributed by atoms with Gasteiger partial charge < -0.3 is 5.11 Å². The molecule has 1 heteroatoms. The van der Waals surface area contributed by atoms with Gasteiger partial charge >= 0.3 is 0 Å². The molecule has 0 radical (unpaired) electrons. The van der Waals surface area contributed by atoms with E-state index in [4.69, 9.17) is 0 Å². The molecule has 0 spiro atoms. The van der Waals surface area contributed by atoms with Crippen molar-refractivity contribution in [1.29, 1.82) is 0 Å². The average Bonchev–Trinajstić information content (AvgIpc) is 1.85. The number of hydrogen-bond donors (Lipinski definition) is 1. The minimum atomic E-state index is -0.383. The zero-order chi connectivity index (χ0) is 8.48. The van der Waals surface area contributed by atoms with E-state index >= 15 is 0 Å². The van der Waals surface area contributed by atoms with Crippen LogP contribution in [-0.2, 0) is 0 Å². The molecule has 1 aliphatic rings. The lowest BCUT2D eigenvalue weighted by molar-refractivity contribution is -0.0500. The monoisotopic (exact) mass is 156 g/mol. The van der Waals surface area contributed by atoms with Gasteiger partial charge in [0.15, 0.2) is 0 Å². The lowest BCUT2D eigenvalue weighted by atomic mass is 9.71. The summed E-state index contributed by atoms with van der Waals surface area (Å²) in [6.07, 6.45) is 4.72. The molecule has 0 heterocycles. The SMILES string of the molecule is CC(C)[C@H]1CCCC[C@]1(C)O. The maximum Gasteiger partial charge on any atom is 0.0650 e. The first-order valence-electron chi connectivity index (χ1n) is 4.76. The van der Waals surface area contributed by atoms with Crippen LogP contribution in [0.15, 0.2) is 0 Å². The lowest BCUT2D eigenvalue weighted by Gasteiger charge is -2.39. The van der Waals surface area contributed by atoms with E-state index in [0.29, 0.717) is 11.8 Å². The number of rotatable bonds is 1. The highest BCUT2D eigenvalue weighted by Gasteiger charge is 2.35. The highest BCUT2D eigenvalue weighted by atomic mass is 16.3. The predicted molar refractivity (Wildman–Crippen MR) is 47.4 cm³/mol. The Bertz CT molecular complexity index is 127. The molecule has 0 aromatic rings. The minimum Gasteiger partial charge on any atom is -0.390 e. The largest absolute Gasteiger partial charge is 0.390 e. The Morgan fingerprint density at radius 3 is 2.36 bits per heavy atom. The van der Waals surface area contributed by atoms with Gasteiger partial charge in [0.05, 0.1) is 5.60 Å². The van der Waals surface area contributed by atoms with Gasteiger partial charge in [0.1, 0.15) is 0 Å². The molecule has 0 aromatic heterocycles. The molecule has 1 aliphatic carbocycles. The Balaban J connectivity index is 2.60. The summed E-state index contributed by atoms with van der Waals surface area (Å²) >= 11 is 0. The van der Waals surface area contributed by atoms with Crippen molar-refractivity contribution in [3.63, 3.8) is 0 Å². The Morgan fingerprint density at radius 1 is 1.36 bits per heavy atom. The van der Waals surface area contributed by atoms with Crippen LogP contribution in [0.4, 0.5) is 0 Å². The van der Waals surface area contributed by atoms with Crippen molar-refractivity contribution in [3.05, 3.63) is 0 Å². The Hall–Kier alpha value is -0.0400. The van der Waals surface area contributed by atoms with E-state index in [1.165, 1.54) is 19.3 Å². The van der Waals surface area contributed by atoms with Crippen LogP contribution in [0.1, 0.15) is 46.5 Å². The predicted octanol–water partition coefficient (Wildman–Crippen LogP) is 2.58. The fourth-order valence-corrected chi connectivity index (χ4v) is 2.39. The number of hydrogen-bond acceptors (Lipinski definition) is 1. The second kappa shape index (κ2) is 3.14.